The van der Waals surface area contributed by atoms with Gasteiger partial charge < -0.3 is 5.11 Å². The van der Waals surface area contributed by atoms with E-state index in [1.807, 2.05) is 13.8 Å². The molecular weight excluding hydrogens is 182 g/mol. The van der Waals surface area contributed by atoms with Crippen molar-refractivity contribution in [1.29, 1.82) is 0 Å². The molecule has 4 nitrogen and oxygen atoms in total. The van der Waals surface area contributed by atoms with Crippen molar-refractivity contribution in [2.75, 3.05) is 6.61 Å². The average molecular weight is 197 g/mol. The molecule has 78 valence electrons. The normalized spacial score (nSPS) is 22.9. The van der Waals surface area contributed by atoms with Crippen LogP contribution < -0.4 is 0 Å². The number of aliphatic hydroxyl groups excluding tert-OH is 1. The van der Waals surface area contributed by atoms with Crippen LogP contribution in [-0.2, 0) is 0 Å². The van der Waals surface area contributed by atoms with Crippen LogP contribution in [0, 0.1) is 22.0 Å². The molecule has 0 saturated carbocycles. The van der Waals surface area contributed by atoms with Crippen molar-refractivity contribution in [2.24, 2.45) is 11.8 Å². The van der Waals surface area contributed by atoms with E-state index >= 15 is 0 Å². The highest BCUT2D eigenvalue weighted by Gasteiger charge is 2.23. The zero-order valence-electron chi connectivity index (χ0n) is 8.43. The lowest BCUT2D eigenvalue weighted by Crippen LogP contribution is -2.07. The minimum absolute atomic E-state index is 0.123. The molecule has 0 saturated heterocycles. The van der Waals surface area contributed by atoms with Gasteiger partial charge in [0.25, 0.3) is 5.70 Å². The number of allylic oxidation sites excluding steroid dienone is 3. The summed E-state index contributed by atoms with van der Waals surface area (Å²) in [4.78, 5) is 10.1. The summed E-state index contributed by atoms with van der Waals surface area (Å²) in [5.74, 6) is 0.309. The van der Waals surface area contributed by atoms with Gasteiger partial charge in [-0.3, -0.25) is 10.1 Å². The van der Waals surface area contributed by atoms with E-state index < -0.39 is 0 Å². The van der Waals surface area contributed by atoms with E-state index in [0.717, 1.165) is 12.0 Å². The molecule has 4 heteroatoms. The van der Waals surface area contributed by atoms with E-state index in [2.05, 4.69) is 0 Å². The maximum absolute atomic E-state index is 10.5. The lowest BCUT2D eigenvalue weighted by atomic mass is 9.93. The highest BCUT2D eigenvalue weighted by molar-refractivity contribution is 5.30. The SMILES string of the molecule is CC1=CC([N+](=O)[O-])=CC1C[C@@H](C)CO. The molecule has 14 heavy (non-hydrogen) atoms. The second kappa shape index (κ2) is 4.37. The van der Waals surface area contributed by atoms with E-state index in [-0.39, 0.29) is 29.1 Å². The maximum Gasteiger partial charge on any atom is 0.266 e. The van der Waals surface area contributed by atoms with E-state index in [4.69, 9.17) is 5.11 Å². The van der Waals surface area contributed by atoms with Gasteiger partial charge in [-0.15, -0.1) is 0 Å². The average Bonchev–Trinajstić information content (AvgIpc) is 2.48. The van der Waals surface area contributed by atoms with Gasteiger partial charge in [0.15, 0.2) is 0 Å². The Kier molecular flexibility index (Phi) is 3.41. The van der Waals surface area contributed by atoms with Crippen molar-refractivity contribution in [3.05, 3.63) is 33.5 Å². The van der Waals surface area contributed by atoms with Crippen molar-refractivity contribution < 1.29 is 10.0 Å². The zero-order chi connectivity index (χ0) is 10.7. The van der Waals surface area contributed by atoms with Crippen molar-refractivity contribution in [2.45, 2.75) is 20.3 Å². The number of aliphatic hydroxyl groups is 1. The largest absolute Gasteiger partial charge is 0.396 e. The standard InChI is InChI=1S/C10H15NO3/c1-7(6-12)3-9-5-10(11(13)14)4-8(9)2/h4-5,7,9,12H,3,6H2,1-2H3/t7-,9?/m1/s1. The Hall–Kier alpha value is -1.16. The number of hydrogen-bond acceptors (Lipinski definition) is 3. The molecule has 1 aliphatic carbocycles. The molecule has 0 heterocycles. The smallest absolute Gasteiger partial charge is 0.266 e. The molecule has 1 unspecified atom stereocenters. The van der Waals surface area contributed by atoms with Crippen LogP contribution in [0.1, 0.15) is 20.3 Å². The summed E-state index contributed by atoms with van der Waals surface area (Å²) in [7, 11) is 0. The van der Waals surface area contributed by atoms with Gasteiger partial charge in [0.2, 0.25) is 0 Å². The summed E-state index contributed by atoms with van der Waals surface area (Å²) in [6.45, 7) is 3.96. The number of rotatable bonds is 4. The number of nitrogens with zero attached hydrogens (tertiary/aromatic N) is 1. The Balaban J connectivity index is 2.66. The van der Waals surface area contributed by atoms with Gasteiger partial charge in [-0.1, -0.05) is 12.5 Å². The fourth-order valence-electron chi connectivity index (χ4n) is 1.60. The predicted octanol–water partition coefficient (Wildman–Crippen LogP) is 1.74. The quantitative estimate of drug-likeness (QED) is 0.551. The van der Waals surface area contributed by atoms with Crippen LogP contribution in [0.5, 0.6) is 0 Å². The fourth-order valence-corrected chi connectivity index (χ4v) is 1.60. The molecule has 1 N–H and O–H groups in total. The van der Waals surface area contributed by atoms with Crippen LogP contribution in [0.4, 0.5) is 0 Å². The first-order valence-electron chi connectivity index (χ1n) is 4.70. The highest BCUT2D eigenvalue weighted by atomic mass is 16.6. The first kappa shape index (κ1) is 10.9. The molecule has 0 spiro atoms. The summed E-state index contributed by atoms with van der Waals surface area (Å²) < 4.78 is 0. The lowest BCUT2D eigenvalue weighted by Gasteiger charge is -2.13. The maximum atomic E-state index is 10.5. The molecule has 2 atom stereocenters. The first-order valence-corrected chi connectivity index (χ1v) is 4.70. The van der Waals surface area contributed by atoms with Crippen molar-refractivity contribution >= 4 is 0 Å². The topological polar surface area (TPSA) is 63.4 Å². The number of nitro groups is 1. The van der Waals surface area contributed by atoms with Crippen molar-refractivity contribution in [1.82, 2.24) is 0 Å². The highest BCUT2D eigenvalue weighted by Crippen LogP contribution is 2.29. The zero-order valence-corrected chi connectivity index (χ0v) is 8.43. The Labute approximate surface area is 83.1 Å². The third kappa shape index (κ3) is 2.42. The van der Waals surface area contributed by atoms with Gasteiger partial charge in [-0.25, -0.2) is 0 Å². The first-order chi connectivity index (χ1) is 6.54. The van der Waals surface area contributed by atoms with Gasteiger partial charge in [0.1, 0.15) is 0 Å². The molecule has 0 aromatic carbocycles. The second-order valence-electron chi connectivity index (χ2n) is 3.87. The Morgan fingerprint density at radius 1 is 1.71 bits per heavy atom. The van der Waals surface area contributed by atoms with Gasteiger partial charge >= 0.3 is 0 Å². The summed E-state index contributed by atoms with van der Waals surface area (Å²) in [5.41, 5.74) is 1.19. The van der Waals surface area contributed by atoms with Gasteiger partial charge in [0, 0.05) is 24.7 Å². The summed E-state index contributed by atoms with van der Waals surface area (Å²) in [6, 6.07) is 0. The molecule has 1 rings (SSSR count). The van der Waals surface area contributed by atoms with Crippen LogP contribution >= 0.6 is 0 Å². The minimum Gasteiger partial charge on any atom is -0.396 e. The van der Waals surface area contributed by atoms with Crippen LogP contribution in [0.2, 0.25) is 0 Å². The van der Waals surface area contributed by atoms with E-state index in [1.165, 1.54) is 0 Å². The minimum atomic E-state index is -0.368. The van der Waals surface area contributed by atoms with Gasteiger partial charge in [-0.2, -0.15) is 0 Å². The van der Waals surface area contributed by atoms with E-state index in [9.17, 15) is 10.1 Å². The molecule has 1 aliphatic rings. The Bertz CT molecular complexity index is 294. The molecule has 0 aromatic heterocycles. The summed E-state index contributed by atoms with van der Waals surface area (Å²) in [5, 5.41) is 19.4. The van der Waals surface area contributed by atoms with Crippen molar-refractivity contribution in [3.8, 4) is 0 Å². The van der Waals surface area contributed by atoms with Crippen molar-refractivity contribution in [3.63, 3.8) is 0 Å². The third-order valence-corrected chi connectivity index (χ3v) is 2.51. The van der Waals surface area contributed by atoms with Crippen LogP contribution in [0.3, 0.4) is 0 Å². The lowest BCUT2D eigenvalue weighted by molar-refractivity contribution is -0.418. The molecular formula is C10H15NO3. The Morgan fingerprint density at radius 3 is 2.79 bits per heavy atom. The number of hydrogen-bond donors (Lipinski definition) is 1. The van der Waals surface area contributed by atoms with Crippen LogP contribution in [0.15, 0.2) is 23.4 Å². The van der Waals surface area contributed by atoms with E-state index in [1.54, 1.807) is 12.2 Å². The third-order valence-electron chi connectivity index (χ3n) is 2.51. The molecule has 0 amide bonds. The molecule has 0 fully saturated rings. The van der Waals surface area contributed by atoms with Crippen LogP contribution in [0.25, 0.3) is 0 Å². The van der Waals surface area contributed by atoms with Gasteiger partial charge in [0.05, 0.1) is 4.92 Å². The predicted molar refractivity (Wildman–Crippen MR) is 53.2 cm³/mol. The van der Waals surface area contributed by atoms with Crippen LogP contribution in [-0.4, -0.2) is 16.6 Å². The summed E-state index contributed by atoms with van der Waals surface area (Å²) in [6.07, 6.45) is 4.05. The monoisotopic (exact) mass is 197 g/mol. The molecule has 0 aromatic rings. The summed E-state index contributed by atoms with van der Waals surface area (Å²) >= 11 is 0. The second-order valence-corrected chi connectivity index (χ2v) is 3.87. The molecule has 0 aliphatic heterocycles. The Morgan fingerprint density at radius 2 is 2.36 bits per heavy atom. The molecule has 0 radical (unpaired) electrons. The molecule has 0 bridgehead atoms. The van der Waals surface area contributed by atoms with Gasteiger partial charge in [-0.05, 0) is 19.3 Å². The fraction of sp³-hybridized carbons (Fsp3) is 0.600. The van der Waals surface area contributed by atoms with E-state index in [0.29, 0.717) is 0 Å².